The molecule has 618 valence electrons. The number of hydrogen-bond acceptors (Lipinski definition) is 30. The smallest absolute Gasteiger partial charge is 0.242 e. The maximum absolute atomic E-state index is 13.8. The number of aliphatic hydroxyl groups is 10. The number of carbonyl (C=O) groups excluding carboxylic acids is 9. The molecule has 4 heterocycles. The Morgan fingerprint density at radius 3 is 1.10 bits per heavy atom. The highest BCUT2D eigenvalue weighted by Crippen LogP contribution is 2.28. The third-order valence-corrected chi connectivity index (χ3v) is 17.6. The summed E-state index contributed by atoms with van der Waals surface area (Å²) in [5, 5.41) is 125. The van der Waals surface area contributed by atoms with Gasteiger partial charge in [0.15, 0.2) is 18.9 Å². The van der Waals surface area contributed by atoms with Crippen LogP contribution in [-0.2, 0) is 95.3 Å². The maximum atomic E-state index is 13.8. The first kappa shape index (κ1) is 93.8. The van der Waals surface area contributed by atoms with Crippen LogP contribution in [0.15, 0.2) is 0 Å². The Hall–Kier alpha value is -5.61. The molecule has 0 aliphatic carbocycles. The van der Waals surface area contributed by atoms with E-state index < -0.39 is 189 Å². The topological polar surface area (TPSA) is 566 Å². The number of ether oxygens (including phenoxy) is 11. The summed E-state index contributed by atoms with van der Waals surface area (Å²) in [4.78, 5) is 116. The monoisotopic (exact) mass is 1540 g/mol. The van der Waals surface area contributed by atoms with Crippen LogP contribution in [0.4, 0.5) is 0 Å². The molecule has 4 aliphatic rings. The van der Waals surface area contributed by atoms with E-state index in [9.17, 15) is 94.2 Å². The van der Waals surface area contributed by atoms with Crippen LogP contribution in [0.25, 0.3) is 0 Å². The number of amides is 9. The first-order chi connectivity index (χ1) is 51.0. The van der Waals surface area contributed by atoms with Gasteiger partial charge in [-0.05, 0) is 46.5 Å². The molecule has 0 bridgehead atoms. The molecule has 0 saturated carbocycles. The molecule has 0 aromatic rings. The lowest BCUT2D eigenvalue weighted by Crippen LogP contribution is -2.64. The number of hydrogen-bond donors (Lipinski definition) is 19. The van der Waals surface area contributed by atoms with Crippen LogP contribution in [0, 0.1) is 0 Å². The fourth-order valence-corrected chi connectivity index (χ4v) is 12.1. The van der Waals surface area contributed by atoms with E-state index in [1.807, 2.05) is 20.8 Å². The van der Waals surface area contributed by atoms with E-state index in [-0.39, 0.29) is 130 Å². The molecule has 9 amide bonds. The minimum atomic E-state index is -1.54. The average Bonchev–Trinajstić information content (AvgIpc) is 1.61. The molecule has 0 radical (unpaired) electrons. The van der Waals surface area contributed by atoms with E-state index >= 15 is 0 Å². The van der Waals surface area contributed by atoms with Crippen LogP contribution in [0.5, 0.6) is 0 Å². The van der Waals surface area contributed by atoms with Gasteiger partial charge in [0.05, 0.1) is 104 Å². The van der Waals surface area contributed by atoms with Crippen LogP contribution in [0.3, 0.4) is 0 Å². The molecule has 0 spiro atoms. The van der Waals surface area contributed by atoms with Crippen LogP contribution in [0.1, 0.15) is 138 Å². The number of nitrogens with one attached hydrogen (secondary N) is 9. The van der Waals surface area contributed by atoms with Gasteiger partial charge in [-0.15, -0.1) is 0 Å². The van der Waals surface area contributed by atoms with Crippen LogP contribution in [-0.4, -0.2) is 344 Å². The Balaban J connectivity index is 1.32. The second kappa shape index (κ2) is 51.0. The second-order valence-corrected chi connectivity index (χ2v) is 27.6. The molecule has 107 heavy (non-hydrogen) atoms. The highest BCUT2D eigenvalue weighted by molar-refractivity contribution is 5.90. The molecule has 20 atom stereocenters. The lowest BCUT2D eigenvalue weighted by molar-refractivity contribution is -0.272. The van der Waals surface area contributed by atoms with Crippen molar-refractivity contribution < 1.29 is 146 Å². The Kier molecular flexibility index (Phi) is 44.7. The summed E-state index contributed by atoms with van der Waals surface area (Å²) < 4.78 is 62.4. The molecular formula is C68H121N9O30. The van der Waals surface area contributed by atoms with Crippen molar-refractivity contribution in [1.29, 1.82) is 0 Å². The van der Waals surface area contributed by atoms with Gasteiger partial charge in [-0.3, -0.25) is 43.2 Å². The van der Waals surface area contributed by atoms with Gasteiger partial charge in [0.2, 0.25) is 53.2 Å². The zero-order valence-corrected chi connectivity index (χ0v) is 62.3. The molecule has 15 unspecified atom stereocenters. The molecule has 4 rings (SSSR count). The third kappa shape index (κ3) is 35.5. The van der Waals surface area contributed by atoms with E-state index in [4.69, 9.17) is 52.1 Å². The molecule has 0 aromatic carbocycles. The van der Waals surface area contributed by atoms with E-state index in [0.29, 0.717) is 38.6 Å². The van der Waals surface area contributed by atoms with Gasteiger partial charge in [0.1, 0.15) is 91.2 Å². The molecular weight excluding hydrogens is 1420 g/mol. The van der Waals surface area contributed by atoms with E-state index in [2.05, 4.69) is 47.9 Å². The van der Waals surface area contributed by atoms with Crippen molar-refractivity contribution in [3.63, 3.8) is 0 Å². The summed E-state index contributed by atoms with van der Waals surface area (Å²) >= 11 is 0. The van der Waals surface area contributed by atoms with Crippen LogP contribution >= 0.6 is 0 Å². The fraction of sp³-hybridized carbons (Fsp3) is 0.868. The molecule has 19 N–H and O–H groups in total. The summed E-state index contributed by atoms with van der Waals surface area (Å²) in [6, 6.07) is -6.17. The summed E-state index contributed by atoms with van der Waals surface area (Å²) in [6.45, 7) is 6.38. The molecule has 4 fully saturated rings. The fourth-order valence-electron chi connectivity index (χ4n) is 12.1. The lowest BCUT2D eigenvalue weighted by atomic mass is 9.97. The standard InChI is InChI=1S/C68H121N9O30/c1-39(82)73-54-60(92)57(89)47(36-79)104-65(54)100-30-27-97-24-21-69-51(86)19-17-43(63(95)70-22-25-98-28-31-101-66-55(74-40(2)83)61(93)58(90)48(37-80)105-66)77-53(88)20-18-44(64(96)71-23-26-99-29-32-102-67-56(75-41(3)84)62(94)59(91)49(38-81)106-67)76-52(87)16-14-12-10-8-7-9-11-13-15-50(85)72-34-42-33-45(46(35-78)103-42)107-68(4,5)6/h42-49,54-62,65-67,78-81,89-94H,7-38H2,1-6H3,(H,69,86)(H,70,95)(H,71,96)(H,72,85)(H,73,82)(H,74,83)(H,75,84)(H,76,87)(H,77,88)/t42-,43?,44?,45+,46-,47?,48-,49-,54?,55?,56?,57?,58?,59?,60?,61?,62?,65?,66?,67?/m1/s1. The van der Waals surface area contributed by atoms with Crippen molar-refractivity contribution in [1.82, 2.24) is 47.9 Å². The number of carbonyl (C=O) groups is 9. The Morgan fingerprint density at radius 2 is 0.738 bits per heavy atom. The predicted molar refractivity (Wildman–Crippen MR) is 372 cm³/mol. The van der Waals surface area contributed by atoms with Gasteiger partial charge in [0.25, 0.3) is 0 Å². The minimum Gasteiger partial charge on any atom is -0.394 e. The first-order valence-electron chi connectivity index (χ1n) is 36.9. The molecule has 4 saturated heterocycles. The predicted octanol–water partition coefficient (Wildman–Crippen LogP) is -6.85. The van der Waals surface area contributed by atoms with Crippen molar-refractivity contribution in [3.8, 4) is 0 Å². The number of unbranched alkanes of at least 4 members (excludes halogenated alkanes) is 7. The lowest BCUT2D eigenvalue weighted by Gasteiger charge is -2.42. The van der Waals surface area contributed by atoms with Crippen molar-refractivity contribution in [2.75, 3.05) is 112 Å². The Labute approximate surface area is 623 Å². The maximum Gasteiger partial charge on any atom is 0.242 e. The van der Waals surface area contributed by atoms with Gasteiger partial charge >= 0.3 is 0 Å². The minimum absolute atomic E-state index is 0.0226. The summed E-state index contributed by atoms with van der Waals surface area (Å²) in [7, 11) is 0. The van der Waals surface area contributed by atoms with E-state index in [1.54, 1.807) is 0 Å². The first-order valence-corrected chi connectivity index (χ1v) is 36.9. The zero-order chi connectivity index (χ0) is 79.0. The van der Waals surface area contributed by atoms with Crippen molar-refractivity contribution in [3.05, 3.63) is 0 Å². The van der Waals surface area contributed by atoms with Gasteiger partial charge < -0.3 is 151 Å². The van der Waals surface area contributed by atoms with Gasteiger partial charge in [-0.1, -0.05) is 38.5 Å². The van der Waals surface area contributed by atoms with Crippen molar-refractivity contribution >= 4 is 53.2 Å². The third-order valence-electron chi connectivity index (χ3n) is 17.6. The SMILES string of the molecule is CC(=O)NC1C(OCCOCCNC(=O)CCC(NC(=O)CCC(NC(=O)CCCCCCCCCCC(=O)NC[C@H]2C[C@H](OC(C)(C)C)[C@@H](CO)O2)C(=O)NCCOCCOC2O[C@H](CO)C(O)C(O)C2NC(C)=O)C(=O)NCCOCCOC2O[C@H](CO)C(O)C(O)C2NC(C)=O)OC(CO)C(O)C1O. The molecule has 0 aromatic heterocycles. The quantitative estimate of drug-likeness (QED) is 0.0252. The molecule has 39 heteroatoms. The highest BCUT2D eigenvalue weighted by atomic mass is 16.7. The molecule has 4 aliphatic heterocycles. The normalized spacial score (nSPS) is 27.8. The molecule has 39 nitrogen and oxygen atoms in total. The van der Waals surface area contributed by atoms with Crippen LogP contribution in [0.2, 0.25) is 0 Å². The zero-order valence-electron chi connectivity index (χ0n) is 62.3. The largest absolute Gasteiger partial charge is 0.394 e. The van der Waals surface area contributed by atoms with Crippen LogP contribution < -0.4 is 47.9 Å². The summed E-state index contributed by atoms with van der Waals surface area (Å²) in [6.07, 6.45) is -11.6. The van der Waals surface area contributed by atoms with Gasteiger partial charge in [0, 0.05) is 79.1 Å². The van der Waals surface area contributed by atoms with E-state index in [0.717, 1.165) is 32.1 Å². The van der Waals surface area contributed by atoms with Crippen molar-refractivity contribution in [2.45, 2.75) is 266 Å². The highest BCUT2D eigenvalue weighted by Gasteiger charge is 2.48. The Morgan fingerprint density at radius 1 is 0.402 bits per heavy atom. The summed E-state index contributed by atoms with van der Waals surface area (Å²) in [5.74, 6) is -4.89. The number of rotatable bonds is 52. The average molecular weight is 1540 g/mol. The van der Waals surface area contributed by atoms with Gasteiger partial charge in [-0.25, -0.2) is 0 Å². The second-order valence-electron chi connectivity index (χ2n) is 27.6. The Bertz CT molecular complexity index is 2640. The van der Waals surface area contributed by atoms with E-state index in [1.165, 1.54) is 20.8 Å². The number of aliphatic hydroxyl groups excluding tert-OH is 10. The van der Waals surface area contributed by atoms with Gasteiger partial charge in [-0.2, -0.15) is 0 Å². The van der Waals surface area contributed by atoms with Crippen molar-refractivity contribution in [2.24, 2.45) is 0 Å². The summed E-state index contributed by atoms with van der Waals surface area (Å²) in [5.41, 5.74) is -0.404.